The number of aryl methyl sites for hydroxylation is 1. The summed E-state index contributed by atoms with van der Waals surface area (Å²) >= 11 is 7.86. The Morgan fingerprint density at radius 1 is 1.20 bits per heavy atom. The van der Waals surface area contributed by atoms with Crippen LogP contribution in [-0.2, 0) is 0 Å². The lowest BCUT2D eigenvalue weighted by atomic mass is 10.2. The maximum atomic E-state index is 13.4. The summed E-state index contributed by atoms with van der Waals surface area (Å²) in [5.41, 5.74) is 2.33. The number of thiazole rings is 1. The number of likely N-dealkylation sites (N-methyl/N-ethyl adjacent to an activating group) is 1. The number of nitrogens with zero attached hydrogens (tertiary/aromatic N) is 5. The first-order valence-electron chi connectivity index (χ1n) is 10.0. The van der Waals surface area contributed by atoms with Gasteiger partial charge in [0.1, 0.15) is 0 Å². The Kier molecular flexibility index (Phi) is 8.67. The molecule has 0 aliphatic carbocycles. The van der Waals surface area contributed by atoms with E-state index in [0.29, 0.717) is 22.4 Å². The smallest absolute Gasteiger partial charge is 0.280 e. The van der Waals surface area contributed by atoms with Gasteiger partial charge in [-0.3, -0.25) is 14.4 Å². The Hall–Kier alpha value is -1.67. The molecular formula is C21H29Cl2N5OS. The lowest BCUT2D eigenvalue weighted by Crippen LogP contribution is -2.39. The third-order valence-corrected chi connectivity index (χ3v) is 6.59. The van der Waals surface area contributed by atoms with Crippen LogP contribution in [0.3, 0.4) is 0 Å². The van der Waals surface area contributed by atoms with Crippen molar-refractivity contribution in [2.45, 2.75) is 40.7 Å². The largest absolute Gasteiger partial charge is 0.302 e. The van der Waals surface area contributed by atoms with Gasteiger partial charge in [-0.15, -0.1) is 12.4 Å². The summed E-state index contributed by atoms with van der Waals surface area (Å²) in [6, 6.07) is 5.82. The predicted molar refractivity (Wildman–Crippen MR) is 129 cm³/mol. The van der Waals surface area contributed by atoms with Crippen LogP contribution in [0.5, 0.6) is 0 Å². The van der Waals surface area contributed by atoms with Crippen LogP contribution in [0.2, 0.25) is 5.02 Å². The van der Waals surface area contributed by atoms with Crippen LogP contribution in [-0.4, -0.2) is 51.8 Å². The van der Waals surface area contributed by atoms with Crippen molar-refractivity contribution in [3.8, 4) is 0 Å². The van der Waals surface area contributed by atoms with Gasteiger partial charge in [-0.25, -0.2) is 4.98 Å². The SMILES string of the molecule is CCN(CC)CCN(C(=O)c1ccn(C(C)C)n1)c1nc2c(C)ccc(Cl)c2s1.Cl. The van der Waals surface area contributed by atoms with E-state index in [1.807, 2.05) is 39.1 Å². The zero-order chi connectivity index (χ0) is 21.1. The summed E-state index contributed by atoms with van der Waals surface area (Å²) in [6.07, 6.45) is 1.85. The monoisotopic (exact) mass is 469 g/mol. The van der Waals surface area contributed by atoms with Gasteiger partial charge in [0.2, 0.25) is 0 Å². The molecule has 0 spiro atoms. The number of amides is 1. The predicted octanol–water partition coefficient (Wildman–Crippen LogP) is 5.45. The molecule has 0 fully saturated rings. The number of fused-ring (bicyclic) bond motifs is 1. The van der Waals surface area contributed by atoms with E-state index in [1.165, 1.54) is 11.3 Å². The second kappa shape index (κ2) is 10.6. The molecule has 1 aromatic carbocycles. The number of hydrogen-bond donors (Lipinski definition) is 0. The summed E-state index contributed by atoms with van der Waals surface area (Å²) in [7, 11) is 0. The Balaban J connectivity index is 0.00000320. The van der Waals surface area contributed by atoms with Gasteiger partial charge in [-0.05, 0) is 51.6 Å². The molecule has 1 amide bonds. The van der Waals surface area contributed by atoms with E-state index in [1.54, 1.807) is 15.6 Å². The zero-order valence-electron chi connectivity index (χ0n) is 18.1. The molecule has 164 valence electrons. The number of anilines is 1. The van der Waals surface area contributed by atoms with Gasteiger partial charge >= 0.3 is 0 Å². The molecule has 0 unspecified atom stereocenters. The first-order valence-corrected chi connectivity index (χ1v) is 11.2. The molecule has 0 saturated heterocycles. The number of rotatable bonds is 8. The summed E-state index contributed by atoms with van der Waals surface area (Å²) < 4.78 is 2.71. The molecule has 3 aromatic rings. The molecule has 0 radical (unpaired) electrons. The van der Waals surface area contributed by atoms with Crippen LogP contribution in [0.25, 0.3) is 10.2 Å². The van der Waals surface area contributed by atoms with E-state index < -0.39 is 0 Å². The minimum Gasteiger partial charge on any atom is -0.302 e. The average Bonchev–Trinajstić information content (AvgIpc) is 3.36. The number of aromatic nitrogens is 3. The first kappa shape index (κ1) is 24.6. The Bertz CT molecular complexity index is 958. The number of hydrogen-bond acceptors (Lipinski definition) is 5. The fraction of sp³-hybridized carbons (Fsp3) is 0.476. The highest BCUT2D eigenvalue weighted by Crippen LogP contribution is 2.36. The molecule has 6 nitrogen and oxygen atoms in total. The van der Waals surface area contributed by atoms with Crippen molar-refractivity contribution in [2.75, 3.05) is 31.1 Å². The van der Waals surface area contributed by atoms with Crippen molar-refractivity contribution in [2.24, 2.45) is 0 Å². The minimum absolute atomic E-state index is 0. The maximum absolute atomic E-state index is 13.4. The van der Waals surface area contributed by atoms with Crippen molar-refractivity contribution in [1.82, 2.24) is 19.7 Å². The van der Waals surface area contributed by atoms with Gasteiger partial charge in [0.05, 0.1) is 15.2 Å². The molecule has 2 aromatic heterocycles. The van der Waals surface area contributed by atoms with Crippen molar-refractivity contribution < 1.29 is 4.79 Å². The number of carbonyl (C=O) groups is 1. The van der Waals surface area contributed by atoms with E-state index in [-0.39, 0.29) is 24.4 Å². The molecule has 30 heavy (non-hydrogen) atoms. The fourth-order valence-corrected chi connectivity index (χ4v) is 4.49. The molecule has 0 saturated carbocycles. The van der Waals surface area contributed by atoms with Crippen LogP contribution in [0, 0.1) is 6.92 Å². The van der Waals surface area contributed by atoms with Crippen LogP contribution in [0.4, 0.5) is 5.13 Å². The summed E-state index contributed by atoms with van der Waals surface area (Å²) in [4.78, 5) is 22.2. The Morgan fingerprint density at radius 2 is 1.90 bits per heavy atom. The average molecular weight is 470 g/mol. The topological polar surface area (TPSA) is 54.3 Å². The molecule has 0 bridgehead atoms. The molecule has 3 rings (SSSR count). The van der Waals surface area contributed by atoms with Crippen LogP contribution < -0.4 is 4.90 Å². The Labute approximate surface area is 193 Å². The molecular weight excluding hydrogens is 441 g/mol. The van der Waals surface area contributed by atoms with Gasteiger partial charge in [0.15, 0.2) is 10.8 Å². The second-order valence-electron chi connectivity index (χ2n) is 7.30. The van der Waals surface area contributed by atoms with Gasteiger partial charge < -0.3 is 4.90 Å². The summed E-state index contributed by atoms with van der Waals surface area (Å²) in [6.45, 7) is 13.5. The van der Waals surface area contributed by atoms with E-state index in [9.17, 15) is 4.79 Å². The van der Waals surface area contributed by atoms with Crippen LogP contribution >= 0.6 is 35.3 Å². The number of carbonyl (C=O) groups excluding carboxylic acids is 1. The molecule has 2 heterocycles. The van der Waals surface area contributed by atoms with E-state index in [0.717, 1.165) is 35.4 Å². The highest BCUT2D eigenvalue weighted by atomic mass is 35.5. The van der Waals surface area contributed by atoms with Gasteiger partial charge in [-0.1, -0.05) is 42.9 Å². The number of halogens is 2. The van der Waals surface area contributed by atoms with Gasteiger partial charge in [0, 0.05) is 25.3 Å². The van der Waals surface area contributed by atoms with Crippen molar-refractivity contribution in [3.05, 3.63) is 40.7 Å². The Morgan fingerprint density at radius 3 is 2.47 bits per heavy atom. The summed E-state index contributed by atoms with van der Waals surface area (Å²) in [5.74, 6) is -0.135. The molecule has 0 N–H and O–H groups in total. The van der Waals surface area contributed by atoms with Crippen molar-refractivity contribution >= 4 is 56.6 Å². The first-order chi connectivity index (χ1) is 13.8. The highest BCUT2D eigenvalue weighted by molar-refractivity contribution is 7.23. The van der Waals surface area contributed by atoms with E-state index in [4.69, 9.17) is 16.6 Å². The van der Waals surface area contributed by atoms with Crippen molar-refractivity contribution in [3.63, 3.8) is 0 Å². The van der Waals surface area contributed by atoms with Crippen molar-refractivity contribution in [1.29, 1.82) is 0 Å². The lowest BCUT2D eigenvalue weighted by molar-refractivity contribution is 0.0978. The molecule has 0 aliphatic heterocycles. The fourth-order valence-electron chi connectivity index (χ4n) is 3.15. The van der Waals surface area contributed by atoms with Crippen LogP contribution in [0.1, 0.15) is 49.8 Å². The highest BCUT2D eigenvalue weighted by Gasteiger charge is 2.25. The normalized spacial score (nSPS) is 11.3. The van der Waals surface area contributed by atoms with E-state index >= 15 is 0 Å². The molecule has 0 atom stereocenters. The quantitative estimate of drug-likeness (QED) is 0.440. The zero-order valence-corrected chi connectivity index (χ0v) is 20.4. The number of benzene rings is 1. The van der Waals surface area contributed by atoms with Gasteiger partial charge in [-0.2, -0.15) is 5.10 Å². The standard InChI is InChI=1S/C21H28ClN5OS.ClH/c1-6-25(7-2)12-13-26(20(28)17-10-11-27(24-17)14(3)4)21-23-18-15(5)8-9-16(22)19(18)29-21;/h8-11,14H,6-7,12-13H2,1-5H3;1H. The van der Waals surface area contributed by atoms with Crippen LogP contribution in [0.15, 0.2) is 24.4 Å². The maximum Gasteiger partial charge on any atom is 0.280 e. The minimum atomic E-state index is -0.135. The van der Waals surface area contributed by atoms with Gasteiger partial charge in [0.25, 0.3) is 5.91 Å². The third kappa shape index (κ3) is 5.14. The molecule has 0 aliphatic rings. The van der Waals surface area contributed by atoms with E-state index in [2.05, 4.69) is 23.8 Å². The third-order valence-electron chi connectivity index (χ3n) is 5.05. The molecule has 9 heteroatoms. The lowest BCUT2D eigenvalue weighted by Gasteiger charge is -2.24. The second-order valence-corrected chi connectivity index (χ2v) is 8.68. The summed E-state index contributed by atoms with van der Waals surface area (Å²) in [5, 5.41) is 5.80.